The van der Waals surface area contributed by atoms with E-state index >= 15 is 0 Å². The molecule has 1 rings (SSSR count). The topological polar surface area (TPSA) is 3.24 Å². The molecule has 0 unspecified atom stereocenters. The molecule has 18 heavy (non-hydrogen) atoms. The molecule has 0 aliphatic heterocycles. The van der Waals surface area contributed by atoms with Gasteiger partial charge in [-0.1, -0.05) is 56.9 Å². The predicted octanol–water partition coefficient (Wildman–Crippen LogP) is 4.81. The SMILES string of the molecule is CCN(Cc1ccccc1)C[Si](C)(C)C.ClCCl. The van der Waals surface area contributed by atoms with Gasteiger partial charge in [0.25, 0.3) is 0 Å². The number of benzene rings is 1. The zero-order chi connectivity index (χ0) is 14.0. The molecule has 104 valence electrons. The highest BCUT2D eigenvalue weighted by molar-refractivity contribution is 6.76. The maximum atomic E-state index is 4.76. The molecule has 4 heteroatoms. The Bertz CT molecular complexity index is 298. The Morgan fingerprint density at radius 3 is 1.94 bits per heavy atom. The lowest BCUT2D eigenvalue weighted by Gasteiger charge is -2.27. The van der Waals surface area contributed by atoms with Crippen LogP contribution in [0.15, 0.2) is 30.3 Å². The second-order valence-corrected chi connectivity index (χ2v) is 11.7. The summed E-state index contributed by atoms with van der Waals surface area (Å²) < 4.78 is 0. The van der Waals surface area contributed by atoms with Gasteiger partial charge in [0.2, 0.25) is 0 Å². The highest BCUT2D eigenvalue weighted by Gasteiger charge is 2.17. The van der Waals surface area contributed by atoms with E-state index in [0.717, 1.165) is 13.1 Å². The molecule has 0 spiro atoms. The molecule has 0 saturated heterocycles. The number of rotatable bonds is 5. The average molecular weight is 306 g/mol. The average Bonchev–Trinajstić information content (AvgIpc) is 2.29. The van der Waals surface area contributed by atoms with E-state index in [1.165, 1.54) is 11.7 Å². The summed E-state index contributed by atoms with van der Waals surface area (Å²) in [5.41, 5.74) is 1.43. The third-order valence-electron chi connectivity index (χ3n) is 2.39. The van der Waals surface area contributed by atoms with Crippen LogP contribution < -0.4 is 0 Å². The lowest BCUT2D eigenvalue weighted by molar-refractivity contribution is 0.321. The van der Waals surface area contributed by atoms with E-state index in [1.807, 2.05) is 0 Å². The van der Waals surface area contributed by atoms with Crippen LogP contribution in [0.5, 0.6) is 0 Å². The zero-order valence-electron chi connectivity index (χ0n) is 11.9. The minimum Gasteiger partial charge on any atom is -0.302 e. The lowest BCUT2D eigenvalue weighted by atomic mass is 10.2. The van der Waals surface area contributed by atoms with E-state index in [-0.39, 0.29) is 5.34 Å². The summed E-state index contributed by atoms with van der Waals surface area (Å²) in [6.07, 6.45) is 1.29. The molecule has 0 saturated carbocycles. The molecule has 0 bridgehead atoms. The van der Waals surface area contributed by atoms with Crippen LogP contribution in [0.2, 0.25) is 19.6 Å². The summed E-state index contributed by atoms with van der Waals surface area (Å²) in [7, 11) is -0.969. The van der Waals surface area contributed by atoms with Crippen molar-refractivity contribution < 1.29 is 0 Å². The third-order valence-corrected chi connectivity index (χ3v) is 3.79. The summed E-state index contributed by atoms with van der Waals surface area (Å²) in [6, 6.07) is 10.8. The normalized spacial score (nSPS) is 11.1. The van der Waals surface area contributed by atoms with Gasteiger partial charge in [0.1, 0.15) is 0 Å². The number of halogens is 2. The molecule has 1 aromatic rings. The fraction of sp³-hybridized carbons (Fsp3) is 0.571. The third kappa shape index (κ3) is 9.95. The monoisotopic (exact) mass is 305 g/mol. The number of alkyl halides is 2. The molecule has 0 N–H and O–H groups in total. The van der Waals surface area contributed by atoms with Crippen molar-refractivity contribution in [2.24, 2.45) is 0 Å². The molecule has 0 aliphatic rings. The Morgan fingerprint density at radius 1 is 1.06 bits per heavy atom. The van der Waals surface area contributed by atoms with Gasteiger partial charge in [-0.05, 0) is 18.3 Å². The van der Waals surface area contributed by atoms with E-state index in [0.29, 0.717) is 0 Å². The molecule has 1 nitrogen and oxygen atoms in total. The molecule has 0 amide bonds. The first kappa shape index (κ1) is 18.0. The molecule has 1 aromatic carbocycles. The van der Waals surface area contributed by atoms with Gasteiger partial charge in [0.15, 0.2) is 0 Å². The van der Waals surface area contributed by atoms with Gasteiger partial charge >= 0.3 is 0 Å². The summed E-state index contributed by atoms with van der Waals surface area (Å²) >= 11 is 9.53. The molecule has 0 atom stereocenters. The van der Waals surface area contributed by atoms with Gasteiger partial charge in [-0.15, -0.1) is 23.2 Å². The lowest BCUT2D eigenvalue weighted by Crippen LogP contribution is -2.39. The first-order valence-electron chi connectivity index (χ1n) is 6.31. The van der Waals surface area contributed by atoms with Crippen molar-refractivity contribution in [3.05, 3.63) is 35.9 Å². The van der Waals surface area contributed by atoms with E-state index in [9.17, 15) is 0 Å². The minimum atomic E-state index is -0.969. The van der Waals surface area contributed by atoms with Crippen molar-refractivity contribution in [2.75, 3.05) is 18.1 Å². The second-order valence-electron chi connectivity index (χ2n) is 5.45. The zero-order valence-corrected chi connectivity index (χ0v) is 14.4. The van der Waals surface area contributed by atoms with Crippen molar-refractivity contribution in [1.82, 2.24) is 4.90 Å². The van der Waals surface area contributed by atoms with Crippen LogP contribution in [0.25, 0.3) is 0 Å². The van der Waals surface area contributed by atoms with E-state index < -0.39 is 8.07 Å². The smallest absolute Gasteiger partial charge is 0.0967 e. The molecule has 0 radical (unpaired) electrons. The first-order chi connectivity index (χ1) is 8.42. The fourth-order valence-corrected chi connectivity index (χ4v) is 3.47. The van der Waals surface area contributed by atoms with E-state index in [4.69, 9.17) is 23.2 Å². The van der Waals surface area contributed by atoms with Gasteiger partial charge in [-0.3, -0.25) is 0 Å². The van der Waals surface area contributed by atoms with Gasteiger partial charge < -0.3 is 4.90 Å². The maximum absolute atomic E-state index is 4.76. The predicted molar refractivity (Wildman–Crippen MR) is 87.3 cm³/mol. The van der Waals surface area contributed by atoms with E-state index in [2.05, 4.69) is 61.8 Å². The van der Waals surface area contributed by atoms with Crippen molar-refractivity contribution in [1.29, 1.82) is 0 Å². The standard InChI is InChI=1S/C13H23NSi.CH2Cl2/c1-5-14(12-15(2,3)4)11-13-9-7-6-8-10-13;2-1-3/h6-10H,5,11-12H2,1-4H3;1H2. The quantitative estimate of drug-likeness (QED) is 0.557. The van der Waals surface area contributed by atoms with Gasteiger partial charge in [0, 0.05) is 6.54 Å². The van der Waals surface area contributed by atoms with Crippen LogP contribution in [-0.2, 0) is 6.54 Å². The summed E-state index contributed by atoms with van der Waals surface area (Å²) in [4.78, 5) is 2.56. The highest BCUT2D eigenvalue weighted by Crippen LogP contribution is 2.09. The molecular formula is C14H25Cl2NSi. The molecule has 0 aromatic heterocycles. The Hall–Kier alpha value is -0.0231. The Morgan fingerprint density at radius 2 is 1.56 bits per heavy atom. The Kier molecular flexibility index (Phi) is 9.84. The summed E-state index contributed by atoms with van der Waals surface area (Å²) in [5, 5.41) is 0.194. The van der Waals surface area contributed by atoms with Gasteiger partial charge in [-0.25, -0.2) is 0 Å². The molecule has 0 heterocycles. The van der Waals surface area contributed by atoms with Crippen molar-refractivity contribution >= 4 is 31.3 Å². The largest absolute Gasteiger partial charge is 0.302 e. The Labute approximate surface area is 123 Å². The van der Waals surface area contributed by atoms with Crippen molar-refractivity contribution in [2.45, 2.75) is 33.1 Å². The maximum Gasteiger partial charge on any atom is 0.0967 e. The summed E-state index contributed by atoms with van der Waals surface area (Å²) in [6.45, 7) is 11.8. The fourth-order valence-electron chi connectivity index (χ4n) is 1.79. The van der Waals surface area contributed by atoms with Crippen LogP contribution in [-0.4, -0.2) is 31.0 Å². The van der Waals surface area contributed by atoms with Crippen LogP contribution in [0.3, 0.4) is 0 Å². The highest BCUT2D eigenvalue weighted by atomic mass is 35.5. The van der Waals surface area contributed by atoms with E-state index in [1.54, 1.807) is 0 Å². The molecule has 0 fully saturated rings. The summed E-state index contributed by atoms with van der Waals surface area (Å²) in [5.74, 6) is 0. The number of hydrogen-bond donors (Lipinski definition) is 0. The van der Waals surface area contributed by atoms with Gasteiger partial charge in [-0.2, -0.15) is 0 Å². The van der Waals surface area contributed by atoms with Crippen molar-refractivity contribution in [3.63, 3.8) is 0 Å². The van der Waals surface area contributed by atoms with Crippen LogP contribution in [0, 0.1) is 0 Å². The molecule has 0 aliphatic carbocycles. The number of nitrogens with zero attached hydrogens (tertiary/aromatic N) is 1. The van der Waals surface area contributed by atoms with Crippen LogP contribution in [0.4, 0.5) is 0 Å². The minimum absolute atomic E-state index is 0.194. The first-order valence-corrected chi connectivity index (χ1v) is 11.1. The Balaban J connectivity index is 0.000000873. The van der Waals surface area contributed by atoms with Crippen molar-refractivity contribution in [3.8, 4) is 0 Å². The number of hydrogen-bond acceptors (Lipinski definition) is 1. The van der Waals surface area contributed by atoms with Crippen LogP contribution >= 0.6 is 23.2 Å². The van der Waals surface area contributed by atoms with Gasteiger partial charge in [0.05, 0.1) is 13.4 Å². The van der Waals surface area contributed by atoms with Crippen LogP contribution in [0.1, 0.15) is 12.5 Å². The second kappa shape index (κ2) is 9.85. The molecular weight excluding hydrogens is 281 g/mol.